The first kappa shape index (κ1) is 19.0. The monoisotopic (exact) mass is 414 g/mol. The number of thioether (sulfide) groups is 1. The van der Waals surface area contributed by atoms with E-state index < -0.39 is 0 Å². The first-order chi connectivity index (χ1) is 13.7. The largest absolute Gasteiger partial charge is 0.378 e. The molecule has 0 atom stereocenters. The van der Waals surface area contributed by atoms with Gasteiger partial charge >= 0.3 is 0 Å². The van der Waals surface area contributed by atoms with Gasteiger partial charge in [0.2, 0.25) is 5.91 Å². The molecule has 1 saturated heterocycles. The summed E-state index contributed by atoms with van der Waals surface area (Å²) in [6.45, 7) is 2.45. The number of rotatable bonds is 5. The minimum atomic E-state index is 0.0789. The van der Waals surface area contributed by atoms with Crippen LogP contribution in [0.4, 0.5) is 0 Å². The molecule has 144 valence electrons. The lowest BCUT2D eigenvalue weighted by Crippen LogP contribution is -2.41. The van der Waals surface area contributed by atoms with Crippen molar-refractivity contribution in [2.45, 2.75) is 5.16 Å². The average Bonchev–Trinajstić information content (AvgIpc) is 3.17. The fourth-order valence-corrected chi connectivity index (χ4v) is 4.06. The second kappa shape index (κ2) is 8.77. The van der Waals surface area contributed by atoms with Crippen LogP contribution in [0, 0.1) is 0 Å². The molecule has 0 unspecified atom stereocenters. The van der Waals surface area contributed by atoms with Crippen LogP contribution in [0.15, 0.2) is 59.8 Å². The normalized spacial score (nSPS) is 14.2. The zero-order valence-corrected chi connectivity index (χ0v) is 16.7. The number of morpholine rings is 1. The molecule has 2 heterocycles. The van der Waals surface area contributed by atoms with Gasteiger partial charge in [-0.25, -0.2) is 0 Å². The first-order valence-corrected chi connectivity index (χ1v) is 10.3. The first-order valence-electron chi connectivity index (χ1n) is 8.97. The van der Waals surface area contributed by atoms with Crippen LogP contribution in [0.3, 0.4) is 0 Å². The van der Waals surface area contributed by atoms with Gasteiger partial charge in [-0.05, 0) is 18.2 Å². The molecule has 4 rings (SSSR count). The topological polar surface area (TPSA) is 60.2 Å². The highest BCUT2D eigenvalue weighted by Crippen LogP contribution is 2.29. The van der Waals surface area contributed by atoms with Crippen LogP contribution in [0.2, 0.25) is 5.02 Å². The summed E-state index contributed by atoms with van der Waals surface area (Å²) in [5.41, 5.74) is 1.80. The van der Waals surface area contributed by atoms with Gasteiger partial charge in [0.15, 0.2) is 11.0 Å². The van der Waals surface area contributed by atoms with Crippen LogP contribution in [-0.4, -0.2) is 57.6 Å². The van der Waals surface area contributed by atoms with Gasteiger partial charge in [0.05, 0.1) is 24.7 Å². The number of amides is 1. The summed E-state index contributed by atoms with van der Waals surface area (Å²) in [5, 5.41) is 10.0. The Labute approximate surface area is 172 Å². The predicted molar refractivity (Wildman–Crippen MR) is 110 cm³/mol. The second-order valence-corrected chi connectivity index (χ2v) is 7.65. The zero-order valence-electron chi connectivity index (χ0n) is 15.1. The number of benzene rings is 2. The molecule has 0 aliphatic carbocycles. The van der Waals surface area contributed by atoms with Gasteiger partial charge in [-0.1, -0.05) is 59.8 Å². The van der Waals surface area contributed by atoms with E-state index >= 15 is 0 Å². The smallest absolute Gasteiger partial charge is 0.233 e. The molecule has 28 heavy (non-hydrogen) atoms. The molecule has 1 amide bonds. The quantitative estimate of drug-likeness (QED) is 0.597. The Hall–Kier alpha value is -2.35. The minimum Gasteiger partial charge on any atom is -0.378 e. The molecule has 1 aromatic heterocycles. The third-order valence-corrected chi connectivity index (χ3v) is 5.57. The Bertz CT molecular complexity index is 958. The maximum Gasteiger partial charge on any atom is 0.233 e. The number of hydrogen-bond donors (Lipinski definition) is 0. The fourth-order valence-electron chi connectivity index (χ4n) is 3.02. The predicted octanol–water partition coefficient (Wildman–Crippen LogP) is 3.54. The van der Waals surface area contributed by atoms with Crippen molar-refractivity contribution in [1.29, 1.82) is 0 Å². The molecule has 3 aromatic rings. The molecular formula is C20H19ClN4O2S. The lowest BCUT2D eigenvalue weighted by atomic mass is 10.2. The fraction of sp³-hybridized carbons (Fsp3) is 0.250. The molecule has 8 heteroatoms. The van der Waals surface area contributed by atoms with E-state index in [1.807, 2.05) is 64.1 Å². The standard InChI is InChI=1S/C20H19ClN4O2S/c21-16-7-4-8-17(13-16)25-19(15-5-2-1-3-6-15)22-23-20(25)28-14-18(26)24-9-11-27-12-10-24/h1-8,13H,9-12,14H2. The van der Waals surface area contributed by atoms with Gasteiger partial charge < -0.3 is 9.64 Å². The van der Waals surface area contributed by atoms with E-state index in [9.17, 15) is 4.79 Å². The molecule has 1 aliphatic rings. The summed E-state index contributed by atoms with van der Waals surface area (Å²) in [7, 11) is 0. The van der Waals surface area contributed by atoms with Crippen molar-refractivity contribution < 1.29 is 9.53 Å². The van der Waals surface area contributed by atoms with E-state index in [0.29, 0.717) is 48.1 Å². The number of hydrogen-bond acceptors (Lipinski definition) is 5. The van der Waals surface area contributed by atoms with Crippen molar-refractivity contribution in [3.05, 3.63) is 59.6 Å². The Morgan fingerprint density at radius 1 is 1.07 bits per heavy atom. The van der Waals surface area contributed by atoms with Crippen LogP contribution in [0.1, 0.15) is 0 Å². The molecule has 0 saturated carbocycles. The molecule has 1 aliphatic heterocycles. The summed E-state index contributed by atoms with van der Waals surface area (Å²) in [4.78, 5) is 14.3. The van der Waals surface area contributed by atoms with Gasteiger partial charge in [-0.3, -0.25) is 9.36 Å². The molecule has 2 aromatic carbocycles. The lowest BCUT2D eigenvalue weighted by Gasteiger charge is -2.26. The van der Waals surface area contributed by atoms with Gasteiger partial charge in [0.25, 0.3) is 0 Å². The SMILES string of the molecule is O=C(CSc1nnc(-c2ccccc2)n1-c1cccc(Cl)c1)N1CCOCC1. The minimum absolute atomic E-state index is 0.0789. The van der Waals surface area contributed by atoms with Gasteiger partial charge in [-0.15, -0.1) is 10.2 Å². The molecule has 0 N–H and O–H groups in total. The Kier molecular flexibility index (Phi) is 5.95. The highest BCUT2D eigenvalue weighted by molar-refractivity contribution is 7.99. The second-order valence-electron chi connectivity index (χ2n) is 6.27. The summed E-state index contributed by atoms with van der Waals surface area (Å²) < 4.78 is 7.26. The maximum absolute atomic E-state index is 12.5. The summed E-state index contributed by atoms with van der Waals surface area (Å²) in [6.07, 6.45) is 0. The molecule has 0 bridgehead atoms. The van der Waals surface area contributed by atoms with Crippen molar-refractivity contribution in [3.63, 3.8) is 0 Å². The lowest BCUT2D eigenvalue weighted by molar-refractivity contribution is -0.132. The van der Waals surface area contributed by atoms with Crippen LogP contribution in [-0.2, 0) is 9.53 Å². The van der Waals surface area contributed by atoms with Crippen molar-refractivity contribution in [2.24, 2.45) is 0 Å². The van der Waals surface area contributed by atoms with Crippen LogP contribution in [0.25, 0.3) is 17.1 Å². The Morgan fingerprint density at radius 3 is 2.61 bits per heavy atom. The number of aromatic nitrogens is 3. The van der Waals surface area contributed by atoms with E-state index in [1.165, 1.54) is 11.8 Å². The summed E-state index contributed by atoms with van der Waals surface area (Å²) in [6, 6.07) is 17.4. The number of carbonyl (C=O) groups is 1. The molecule has 0 radical (unpaired) electrons. The van der Waals surface area contributed by atoms with Crippen molar-refractivity contribution in [3.8, 4) is 17.1 Å². The molecule has 6 nitrogen and oxygen atoms in total. The van der Waals surface area contributed by atoms with Crippen molar-refractivity contribution >= 4 is 29.3 Å². The molecule has 0 spiro atoms. The van der Waals surface area contributed by atoms with Crippen LogP contribution >= 0.6 is 23.4 Å². The van der Waals surface area contributed by atoms with Crippen molar-refractivity contribution in [2.75, 3.05) is 32.1 Å². The maximum atomic E-state index is 12.5. The van der Waals surface area contributed by atoms with E-state index in [-0.39, 0.29) is 5.91 Å². The third kappa shape index (κ3) is 4.22. The zero-order chi connectivity index (χ0) is 19.3. The number of nitrogens with zero attached hydrogens (tertiary/aromatic N) is 4. The Morgan fingerprint density at radius 2 is 1.86 bits per heavy atom. The van der Waals surface area contributed by atoms with E-state index in [4.69, 9.17) is 16.3 Å². The number of carbonyl (C=O) groups excluding carboxylic acids is 1. The van der Waals surface area contributed by atoms with Crippen LogP contribution < -0.4 is 0 Å². The van der Waals surface area contributed by atoms with Gasteiger partial charge in [0.1, 0.15) is 0 Å². The Balaban J connectivity index is 1.63. The average molecular weight is 415 g/mol. The summed E-state index contributed by atoms with van der Waals surface area (Å²) >= 11 is 7.59. The van der Waals surface area contributed by atoms with Crippen molar-refractivity contribution in [1.82, 2.24) is 19.7 Å². The van der Waals surface area contributed by atoms with E-state index in [0.717, 1.165) is 11.3 Å². The third-order valence-electron chi connectivity index (χ3n) is 4.42. The van der Waals surface area contributed by atoms with Gasteiger partial charge in [0, 0.05) is 23.7 Å². The highest BCUT2D eigenvalue weighted by atomic mass is 35.5. The van der Waals surface area contributed by atoms with Crippen LogP contribution in [0.5, 0.6) is 0 Å². The molecular weight excluding hydrogens is 396 g/mol. The van der Waals surface area contributed by atoms with E-state index in [2.05, 4.69) is 10.2 Å². The summed E-state index contributed by atoms with van der Waals surface area (Å²) in [5.74, 6) is 1.09. The number of halogens is 1. The number of ether oxygens (including phenoxy) is 1. The molecule has 1 fully saturated rings. The van der Waals surface area contributed by atoms with E-state index in [1.54, 1.807) is 0 Å². The van der Waals surface area contributed by atoms with Gasteiger partial charge in [-0.2, -0.15) is 0 Å². The highest BCUT2D eigenvalue weighted by Gasteiger charge is 2.20.